The van der Waals surface area contributed by atoms with Crippen molar-refractivity contribution >= 4 is 17.3 Å². The van der Waals surface area contributed by atoms with Gasteiger partial charge in [0.1, 0.15) is 0 Å². The third kappa shape index (κ3) is 4.92. The van der Waals surface area contributed by atoms with E-state index < -0.39 is 0 Å². The Morgan fingerprint density at radius 2 is 2.15 bits per heavy atom. The largest absolute Gasteiger partial charge is 0.352 e. The number of nitrogens with one attached hydrogen (secondary N) is 1. The molecule has 0 bridgehead atoms. The Bertz CT molecular complexity index is 853. The molecule has 136 valence electrons. The fraction of sp³-hybridized carbons (Fsp3) is 0.316. The number of aryl methyl sites for hydroxylation is 1. The van der Waals surface area contributed by atoms with Crippen LogP contribution in [0.5, 0.6) is 0 Å². The molecule has 0 amide bonds. The van der Waals surface area contributed by atoms with Gasteiger partial charge in [0.2, 0.25) is 0 Å². The van der Waals surface area contributed by atoms with Crippen LogP contribution in [0.4, 0.5) is 0 Å². The van der Waals surface area contributed by atoms with Gasteiger partial charge < -0.3 is 10.2 Å². The smallest absolute Gasteiger partial charge is 0.194 e. The van der Waals surface area contributed by atoms with Crippen molar-refractivity contribution in [2.45, 2.75) is 26.6 Å². The monoisotopic (exact) mass is 368 g/mol. The van der Waals surface area contributed by atoms with Gasteiger partial charge in [-0.1, -0.05) is 24.3 Å². The molecule has 0 saturated carbocycles. The van der Waals surface area contributed by atoms with Crippen molar-refractivity contribution in [2.24, 2.45) is 4.99 Å². The molecule has 0 unspecified atom stereocenters. The van der Waals surface area contributed by atoms with Crippen molar-refractivity contribution in [1.82, 2.24) is 25.0 Å². The number of aliphatic imine (C=N–C) groups is 1. The topological polar surface area (TPSA) is 58.3 Å². The predicted octanol–water partition coefficient (Wildman–Crippen LogP) is 2.90. The molecule has 0 fully saturated rings. The van der Waals surface area contributed by atoms with Gasteiger partial charge in [0.25, 0.3) is 0 Å². The molecule has 0 saturated heterocycles. The standard InChI is InChI=1S/C19H24N6S/c1-15-23-18(14-26-15)13-24(3)19(20-2)21-11-16-6-4-7-17(10-16)12-25-9-5-8-22-25/h4-10,14H,11-13H2,1-3H3,(H,20,21). The summed E-state index contributed by atoms with van der Waals surface area (Å²) >= 11 is 1.67. The van der Waals surface area contributed by atoms with E-state index in [2.05, 4.69) is 54.9 Å². The molecule has 3 aromatic rings. The minimum Gasteiger partial charge on any atom is -0.352 e. The molecular formula is C19H24N6S. The van der Waals surface area contributed by atoms with Gasteiger partial charge in [-0.05, 0) is 24.1 Å². The Morgan fingerprint density at radius 3 is 2.85 bits per heavy atom. The first-order valence-electron chi connectivity index (χ1n) is 8.52. The number of aromatic nitrogens is 3. The van der Waals surface area contributed by atoms with Gasteiger partial charge in [-0.25, -0.2) is 4.98 Å². The van der Waals surface area contributed by atoms with E-state index >= 15 is 0 Å². The maximum Gasteiger partial charge on any atom is 0.194 e. The van der Waals surface area contributed by atoms with E-state index in [1.807, 2.05) is 30.9 Å². The van der Waals surface area contributed by atoms with Crippen molar-refractivity contribution in [2.75, 3.05) is 14.1 Å². The number of hydrogen-bond acceptors (Lipinski definition) is 4. The van der Waals surface area contributed by atoms with Crippen molar-refractivity contribution in [1.29, 1.82) is 0 Å². The van der Waals surface area contributed by atoms with Crippen LogP contribution in [-0.2, 0) is 19.6 Å². The summed E-state index contributed by atoms with van der Waals surface area (Å²) < 4.78 is 1.93. The molecule has 6 nitrogen and oxygen atoms in total. The second-order valence-corrected chi connectivity index (χ2v) is 7.20. The molecule has 26 heavy (non-hydrogen) atoms. The van der Waals surface area contributed by atoms with E-state index in [9.17, 15) is 0 Å². The second kappa shape index (κ2) is 8.62. The molecule has 0 aliphatic rings. The van der Waals surface area contributed by atoms with Gasteiger partial charge in [0, 0.05) is 38.4 Å². The van der Waals surface area contributed by atoms with Crippen LogP contribution in [0.1, 0.15) is 21.8 Å². The molecule has 0 aliphatic heterocycles. The maximum atomic E-state index is 4.52. The van der Waals surface area contributed by atoms with Gasteiger partial charge in [-0.3, -0.25) is 9.67 Å². The van der Waals surface area contributed by atoms with Crippen LogP contribution >= 0.6 is 11.3 Å². The molecule has 0 atom stereocenters. The Balaban J connectivity index is 1.58. The summed E-state index contributed by atoms with van der Waals surface area (Å²) in [6.07, 6.45) is 3.77. The maximum absolute atomic E-state index is 4.52. The van der Waals surface area contributed by atoms with Gasteiger partial charge in [-0.2, -0.15) is 5.10 Å². The zero-order valence-corrected chi connectivity index (χ0v) is 16.2. The van der Waals surface area contributed by atoms with Crippen LogP contribution < -0.4 is 5.32 Å². The molecule has 2 aromatic heterocycles. The van der Waals surface area contributed by atoms with Crippen molar-refractivity contribution in [3.05, 3.63) is 69.9 Å². The second-order valence-electron chi connectivity index (χ2n) is 6.14. The SMILES string of the molecule is CN=C(NCc1cccc(Cn2cccn2)c1)N(C)Cc1csc(C)n1. The summed E-state index contributed by atoms with van der Waals surface area (Å²) in [6, 6.07) is 10.5. The van der Waals surface area contributed by atoms with Crippen molar-refractivity contribution in [3.8, 4) is 0 Å². The quantitative estimate of drug-likeness (QED) is 0.537. The summed E-state index contributed by atoms with van der Waals surface area (Å²) in [4.78, 5) is 11.0. The third-order valence-corrected chi connectivity index (χ3v) is 4.81. The highest BCUT2D eigenvalue weighted by molar-refractivity contribution is 7.09. The molecule has 2 heterocycles. The Hall–Kier alpha value is -2.67. The number of thiazole rings is 1. The molecule has 1 N–H and O–H groups in total. The van der Waals surface area contributed by atoms with E-state index in [1.54, 1.807) is 24.6 Å². The zero-order chi connectivity index (χ0) is 18.4. The van der Waals surface area contributed by atoms with Crippen LogP contribution in [0.25, 0.3) is 0 Å². The summed E-state index contributed by atoms with van der Waals surface area (Å²) in [7, 11) is 3.83. The highest BCUT2D eigenvalue weighted by atomic mass is 32.1. The first-order valence-corrected chi connectivity index (χ1v) is 9.40. The van der Waals surface area contributed by atoms with E-state index in [4.69, 9.17) is 0 Å². The van der Waals surface area contributed by atoms with Gasteiger partial charge >= 0.3 is 0 Å². The van der Waals surface area contributed by atoms with Gasteiger partial charge in [0.05, 0.1) is 23.8 Å². The molecule has 1 aromatic carbocycles. The molecule has 7 heteroatoms. The minimum absolute atomic E-state index is 0.722. The summed E-state index contributed by atoms with van der Waals surface area (Å²) in [5, 5.41) is 10.9. The average molecular weight is 369 g/mol. The number of rotatable bonds is 6. The summed E-state index contributed by atoms with van der Waals surface area (Å²) in [5.41, 5.74) is 3.52. The third-order valence-electron chi connectivity index (χ3n) is 3.98. The Kier molecular flexibility index (Phi) is 6.01. The number of hydrogen-bond donors (Lipinski definition) is 1. The molecule has 0 aliphatic carbocycles. The van der Waals surface area contributed by atoms with E-state index in [0.717, 1.165) is 36.3 Å². The first-order chi connectivity index (χ1) is 12.6. The fourth-order valence-electron chi connectivity index (χ4n) is 2.78. The van der Waals surface area contributed by atoms with Crippen LogP contribution in [0, 0.1) is 6.92 Å². The van der Waals surface area contributed by atoms with E-state index in [-0.39, 0.29) is 0 Å². The normalized spacial score (nSPS) is 11.6. The highest BCUT2D eigenvalue weighted by Gasteiger charge is 2.09. The van der Waals surface area contributed by atoms with Crippen molar-refractivity contribution in [3.63, 3.8) is 0 Å². The van der Waals surface area contributed by atoms with Gasteiger partial charge in [0.15, 0.2) is 5.96 Å². The average Bonchev–Trinajstić information content (AvgIpc) is 3.27. The molecule has 0 radical (unpaired) electrons. The van der Waals surface area contributed by atoms with Crippen molar-refractivity contribution < 1.29 is 0 Å². The molecule has 0 spiro atoms. The lowest BCUT2D eigenvalue weighted by molar-refractivity contribution is 0.470. The summed E-state index contributed by atoms with van der Waals surface area (Å²) in [5.74, 6) is 0.855. The Morgan fingerprint density at radius 1 is 1.31 bits per heavy atom. The van der Waals surface area contributed by atoms with Crippen LogP contribution in [0.2, 0.25) is 0 Å². The predicted molar refractivity (Wildman–Crippen MR) is 106 cm³/mol. The molecule has 3 rings (SSSR count). The zero-order valence-electron chi connectivity index (χ0n) is 15.4. The lowest BCUT2D eigenvalue weighted by Crippen LogP contribution is -2.38. The number of nitrogens with zero attached hydrogens (tertiary/aromatic N) is 5. The minimum atomic E-state index is 0.722. The summed E-state index contributed by atoms with van der Waals surface area (Å²) in [6.45, 7) is 4.26. The first kappa shape index (κ1) is 18.1. The molecular weight excluding hydrogens is 344 g/mol. The van der Waals surface area contributed by atoms with E-state index in [0.29, 0.717) is 0 Å². The lowest BCUT2D eigenvalue weighted by atomic mass is 10.1. The highest BCUT2D eigenvalue weighted by Crippen LogP contribution is 2.10. The Labute approximate surface area is 158 Å². The van der Waals surface area contributed by atoms with Crippen LogP contribution in [-0.4, -0.2) is 39.7 Å². The van der Waals surface area contributed by atoms with E-state index in [1.165, 1.54) is 11.1 Å². The lowest BCUT2D eigenvalue weighted by Gasteiger charge is -2.21. The number of guanidine groups is 1. The fourth-order valence-corrected chi connectivity index (χ4v) is 3.39. The number of benzene rings is 1. The van der Waals surface area contributed by atoms with Crippen LogP contribution in [0.15, 0.2) is 53.1 Å². The van der Waals surface area contributed by atoms with Gasteiger partial charge in [-0.15, -0.1) is 11.3 Å². The van der Waals surface area contributed by atoms with Crippen LogP contribution in [0.3, 0.4) is 0 Å².